The lowest BCUT2D eigenvalue weighted by Crippen LogP contribution is -2.25. The smallest absolute Gasteiger partial charge is 0.262 e. The number of aromatic nitrogens is 2. The van der Waals surface area contributed by atoms with Crippen molar-refractivity contribution in [1.29, 1.82) is 0 Å². The topological polar surface area (TPSA) is 68.6 Å². The van der Waals surface area contributed by atoms with E-state index in [0.717, 1.165) is 54.5 Å². The average molecular weight is 437 g/mol. The Balaban J connectivity index is 1.41. The molecule has 1 N–H and O–H groups in total. The third-order valence-corrected chi connectivity index (χ3v) is 5.92. The highest BCUT2D eigenvalue weighted by atomic mass is 16.5. The van der Waals surface area contributed by atoms with Gasteiger partial charge < -0.3 is 19.4 Å². The SMILES string of the molecule is CCn1c(CN2CCCCCC2)nc2cc(NC(=O)COc3ccc(OC)cc3)ccc21. The minimum absolute atomic E-state index is 0.0615. The minimum Gasteiger partial charge on any atom is -0.497 e. The molecule has 0 aliphatic carbocycles. The van der Waals surface area contributed by atoms with Crippen LogP contribution in [0.1, 0.15) is 38.4 Å². The standard InChI is InChI=1S/C25H32N4O3/c1-3-29-23-13-8-19(26-25(30)18-32-21-11-9-20(31-2)10-12-21)16-22(23)27-24(29)17-28-14-6-4-5-7-15-28/h8-13,16H,3-7,14-15,17-18H2,1-2H3,(H,26,30). The molecule has 2 aromatic carbocycles. The molecule has 7 heteroatoms. The monoisotopic (exact) mass is 436 g/mol. The molecular weight excluding hydrogens is 404 g/mol. The molecule has 32 heavy (non-hydrogen) atoms. The Morgan fingerprint density at radius 1 is 1.03 bits per heavy atom. The fourth-order valence-electron chi connectivity index (χ4n) is 4.24. The van der Waals surface area contributed by atoms with Gasteiger partial charge >= 0.3 is 0 Å². The second kappa shape index (κ2) is 10.5. The highest BCUT2D eigenvalue weighted by Gasteiger charge is 2.16. The van der Waals surface area contributed by atoms with Gasteiger partial charge in [-0.2, -0.15) is 0 Å². The normalized spacial score (nSPS) is 14.8. The number of fused-ring (bicyclic) bond motifs is 1. The first-order valence-corrected chi connectivity index (χ1v) is 11.4. The summed E-state index contributed by atoms with van der Waals surface area (Å²) in [6, 6.07) is 13.1. The molecule has 0 saturated carbocycles. The van der Waals surface area contributed by atoms with Gasteiger partial charge in [0.05, 0.1) is 24.7 Å². The molecule has 4 rings (SSSR count). The molecule has 1 aliphatic heterocycles. The van der Waals surface area contributed by atoms with Crippen LogP contribution in [0.2, 0.25) is 0 Å². The van der Waals surface area contributed by atoms with Crippen LogP contribution in [0.4, 0.5) is 5.69 Å². The minimum atomic E-state index is -0.208. The molecule has 0 spiro atoms. The molecule has 3 aromatic rings. The Morgan fingerprint density at radius 2 is 1.75 bits per heavy atom. The summed E-state index contributed by atoms with van der Waals surface area (Å²) in [4.78, 5) is 19.8. The van der Waals surface area contributed by atoms with Crippen molar-refractivity contribution in [2.45, 2.75) is 45.7 Å². The number of benzene rings is 2. The summed E-state index contributed by atoms with van der Waals surface area (Å²) in [6.07, 6.45) is 5.18. The maximum Gasteiger partial charge on any atom is 0.262 e. The molecule has 1 saturated heterocycles. The second-order valence-corrected chi connectivity index (χ2v) is 8.18. The van der Waals surface area contributed by atoms with Crippen LogP contribution in [-0.2, 0) is 17.9 Å². The van der Waals surface area contributed by atoms with Crippen molar-refractivity contribution in [2.24, 2.45) is 0 Å². The lowest BCUT2D eigenvalue weighted by atomic mass is 10.2. The van der Waals surface area contributed by atoms with E-state index in [0.29, 0.717) is 5.75 Å². The quantitative estimate of drug-likeness (QED) is 0.565. The first-order chi connectivity index (χ1) is 15.7. The number of amides is 1. The number of likely N-dealkylation sites (tertiary alicyclic amines) is 1. The van der Waals surface area contributed by atoms with Crippen LogP contribution < -0.4 is 14.8 Å². The number of rotatable bonds is 8. The third kappa shape index (κ3) is 5.40. The fourth-order valence-corrected chi connectivity index (χ4v) is 4.24. The van der Waals surface area contributed by atoms with Crippen LogP contribution in [0.25, 0.3) is 11.0 Å². The van der Waals surface area contributed by atoms with Crippen molar-refractivity contribution in [1.82, 2.24) is 14.5 Å². The predicted molar refractivity (Wildman–Crippen MR) is 126 cm³/mol. The first kappa shape index (κ1) is 22.1. The predicted octanol–water partition coefficient (Wildman–Crippen LogP) is 4.46. The number of hydrogen-bond acceptors (Lipinski definition) is 5. The number of hydrogen-bond donors (Lipinski definition) is 1. The summed E-state index contributed by atoms with van der Waals surface area (Å²) >= 11 is 0. The number of carbonyl (C=O) groups excluding carboxylic acids is 1. The summed E-state index contributed by atoms with van der Waals surface area (Å²) in [5.41, 5.74) is 2.73. The van der Waals surface area contributed by atoms with E-state index in [1.165, 1.54) is 25.7 Å². The van der Waals surface area contributed by atoms with Gasteiger partial charge in [0, 0.05) is 12.2 Å². The summed E-state index contributed by atoms with van der Waals surface area (Å²) in [5.74, 6) is 2.25. The Kier molecular flexibility index (Phi) is 7.27. The lowest BCUT2D eigenvalue weighted by Gasteiger charge is -2.19. The van der Waals surface area contributed by atoms with E-state index in [2.05, 4.69) is 21.7 Å². The Bertz CT molecular complexity index is 1040. The van der Waals surface area contributed by atoms with Gasteiger partial charge in [-0.05, 0) is 75.3 Å². The Hall–Kier alpha value is -3.06. The van der Waals surface area contributed by atoms with Gasteiger partial charge in [-0.3, -0.25) is 9.69 Å². The van der Waals surface area contributed by atoms with Crippen molar-refractivity contribution in [2.75, 3.05) is 32.1 Å². The van der Waals surface area contributed by atoms with E-state index in [4.69, 9.17) is 14.5 Å². The van der Waals surface area contributed by atoms with Gasteiger partial charge in [0.1, 0.15) is 17.3 Å². The first-order valence-electron chi connectivity index (χ1n) is 11.4. The maximum absolute atomic E-state index is 12.4. The number of nitrogens with one attached hydrogen (secondary N) is 1. The van der Waals surface area contributed by atoms with Gasteiger partial charge in [-0.1, -0.05) is 12.8 Å². The number of methoxy groups -OCH3 is 1. The number of nitrogens with zero attached hydrogens (tertiary/aromatic N) is 3. The molecule has 0 radical (unpaired) electrons. The molecule has 2 heterocycles. The molecular formula is C25H32N4O3. The molecule has 1 fully saturated rings. The zero-order valence-electron chi connectivity index (χ0n) is 19.0. The van der Waals surface area contributed by atoms with Crippen LogP contribution in [0.5, 0.6) is 11.5 Å². The van der Waals surface area contributed by atoms with Gasteiger partial charge in [0.2, 0.25) is 0 Å². The van der Waals surface area contributed by atoms with E-state index in [-0.39, 0.29) is 12.5 Å². The Labute approximate surface area is 189 Å². The van der Waals surface area contributed by atoms with E-state index < -0.39 is 0 Å². The zero-order chi connectivity index (χ0) is 22.3. The van der Waals surface area contributed by atoms with E-state index in [1.807, 2.05) is 18.2 Å². The molecule has 1 aromatic heterocycles. The summed E-state index contributed by atoms with van der Waals surface area (Å²) < 4.78 is 13.0. The van der Waals surface area contributed by atoms with Gasteiger partial charge in [-0.15, -0.1) is 0 Å². The van der Waals surface area contributed by atoms with Gasteiger partial charge in [0.25, 0.3) is 5.91 Å². The zero-order valence-corrected chi connectivity index (χ0v) is 19.0. The van der Waals surface area contributed by atoms with Gasteiger partial charge in [0.15, 0.2) is 6.61 Å². The highest BCUT2D eigenvalue weighted by Crippen LogP contribution is 2.23. The number of aryl methyl sites for hydroxylation is 1. The molecule has 0 bridgehead atoms. The molecule has 0 atom stereocenters. The maximum atomic E-state index is 12.4. The van der Waals surface area contributed by atoms with E-state index >= 15 is 0 Å². The second-order valence-electron chi connectivity index (χ2n) is 8.18. The van der Waals surface area contributed by atoms with Crippen LogP contribution in [0, 0.1) is 0 Å². The van der Waals surface area contributed by atoms with Crippen LogP contribution in [0.15, 0.2) is 42.5 Å². The average Bonchev–Trinajstić information content (AvgIpc) is 2.95. The molecule has 0 unspecified atom stereocenters. The van der Waals surface area contributed by atoms with Crippen molar-refractivity contribution >= 4 is 22.6 Å². The van der Waals surface area contributed by atoms with Crippen molar-refractivity contribution in [3.8, 4) is 11.5 Å². The van der Waals surface area contributed by atoms with Crippen LogP contribution >= 0.6 is 0 Å². The van der Waals surface area contributed by atoms with Crippen LogP contribution in [-0.4, -0.2) is 47.2 Å². The van der Waals surface area contributed by atoms with E-state index in [1.54, 1.807) is 31.4 Å². The van der Waals surface area contributed by atoms with Crippen molar-refractivity contribution in [3.63, 3.8) is 0 Å². The number of carbonyl (C=O) groups is 1. The van der Waals surface area contributed by atoms with E-state index in [9.17, 15) is 4.79 Å². The van der Waals surface area contributed by atoms with Crippen molar-refractivity contribution < 1.29 is 14.3 Å². The highest BCUT2D eigenvalue weighted by molar-refractivity contribution is 5.94. The molecule has 7 nitrogen and oxygen atoms in total. The summed E-state index contributed by atoms with van der Waals surface area (Å²) in [5, 5.41) is 2.91. The largest absolute Gasteiger partial charge is 0.497 e. The van der Waals surface area contributed by atoms with Crippen molar-refractivity contribution in [3.05, 3.63) is 48.3 Å². The number of imidazole rings is 1. The fraction of sp³-hybridized carbons (Fsp3) is 0.440. The Morgan fingerprint density at radius 3 is 2.44 bits per heavy atom. The lowest BCUT2D eigenvalue weighted by molar-refractivity contribution is -0.118. The molecule has 170 valence electrons. The number of ether oxygens (including phenoxy) is 2. The third-order valence-electron chi connectivity index (χ3n) is 5.92. The molecule has 1 amide bonds. The van der Waals surface area contributed by atoms with Gasteiger partial charge in [-0.25, -0.2) is 4.98 Å². The van der Waals surface area contributed by atoms with Crippen LogP contribution in [0.3, 0.4) is 0 Å². The summed E-state index contributed by atoms with van der Waals surface area (Å²) in [6.45, 7) is 6.12. The summed E-state index contributed by atoms with van der Waals surface area (Å²) in [7, 11) is 1.61. The molecule has 1 aliphatic rings. The number of anilines is 1.